The lowest BCUT2D eigenvalue weighted by Crippen LogP contribution is -2.16. The highest BCUT2D eigenvalue weighted by atomic mass is 32.2. The number of anilines is 1. The third-order valence-corrected chi connectivity index (χ3v) is 7.99. The number of alkyl halides is 2. The number of sulfonamides is 1. The first kappa shape index (κ1) is 29.0. The van der Waals surface area contributed by atoms with Crippen LogP contribution in [0, 0.1) is 0 Å². The average Bonchev–Trinajstić information content (AvgIpc) is 2.98. The smallest absolute Gasteiger partial charge is 0.264 e. The number of aryl methyl sites for hydroxylation is 1. The first-order valence-electron chi connectivity index (χ1n) is 13.4. The second-order valence-electron chi connectivity index (χ2n) is 9.93. The maximum absolute atomic E-state index is 14.6. The van der Waals surface area contributed by atoms with E-state index in [0.29, 0.717) is 24.3 Å². The molecule has 0 aliphatic heterocycles. The van der Waals surface area contributed by atoms with Gasteiger partial charge < -0.3 is 10.5 Å². The number of hydrogen-bond acceptors (Lipinski definition) is 4. The number of nitrogen functional groups attached to an aromatic ring is 1. The van der Waals surface area contributed by atoms with Gasteiger partial charge in [-0.15, -0.1) is 0 Å². The van der Waals surface area contributed by atoms with Crippen molar-refractivity contribution in [1.82, 2.24) is 0 Å². The predicted molar refractivity (Wildman–Crippen MR) is 165 cm³/mol. The normalized spacial score (nSPS) is 12.1. The molecule has 42 heavy (non-hydrogen) atoms. The molecule has 0 radical (unpaired) electrons. The van der Waals surface area contributed by atoms with Crippen LogP contribution in [0.4, 0.5) is 14.5 Å². The van der Waals surface area contributed by atoms with Crippen LogP contribution in [-0.2, 0) is 23.1 Å². The fraction of sp³-hybridized carbons (Fsp3) is 0.118. The Kier molecular flexibility index (Phi) is 8.66. The summed E-state index contributed by atoms with van der Waals surface area (Å²) in [5.74, 6) is 0.707. The number of benzene rings is 5. The van der Waals surface area contributed by atoms with Crippen LogP contribution in [0.25, 0.3) is 27.5 Å². The molecule has 0 saturated heterocycles. The second kappa shape index (κ2) is 12.5. The van der Waals surface area contributed by atoms with Crippen molar-refractivity contribution in [3.63, 3.8) is 0 Å². The number of fused-ring (bicyclic) bond motifs is 1. The minimum Gasteiger partial charge on any atom is -0.489 e. The predicted octanol–water partition coefficient (Wildman–Crippen LogP) is 7.60. The van der Waals surface area contributed by atoms with E-state index in [1.54, 1.807) is 12.1 Å². The summed E-state index contributed by atoms with van der Waals surface area (Å²) in [6.07, 6.45) is -0.723. The highest BCUT2D eigenvalue weighted by Gasteiger charge is 2.26. The summed E-state index contributed by atoms with van der Waals surface area (Å²) in [5, 5.41) is 7.30. The lowest BCUT2D eigenvalue weighted by Gasteiger charge is -2.19. The number of primary sulfonamides is 1. The van der Waals surface area contributed by atoms with Crippen molar-refractivity contribution in [3.8, 4) is 16.9 Å². The second-order valence-corrected chi connectivity index (χ2v) is 11.5. The number of halogens is 2. The Balaban J connectivity index is 1.45. The summed E-state index contributed by atoms with van der Waals surface area (Å²) < 4.78 is 60.3. The zero-order valence-corrected chi connectivity index (χ0v) is 23.5. The van der Waals surface area contributed by atoms with Crippen LogP contribution < -0.4 is 15.6 Å². The molecule has 214 valence electrons. The number of allylic oxidation sites excluding steroid dienone is 2. The SMILES string of the molecule is Nc1ccc(S(N)(=O)=O)c(-c2ccc3ccccc3c2)c1/C(=C/CCc1ccc(OCc2ccccc2)cc1)C(F)F. The minimum absolute atomic E-state index is 0.0310. The topological polar surface area (TPSA) is 95.4 Å². The first-order valence-corrected chi connectivity index (χ1v) is 14.9. The van der Waals surface area contributed by atoms with Crippen LogP contribution in [0.1, 0.15) is 23.1 Å². The van der Waals surface area contributed by atoms with Gasteiger partial charge in [0.15, 0.2) is 0 Å². The summed E-state index contributed by atoms with van der Waals surface area (Å²) in [7, 11) is -4.26. The molecule has 5 aromatic carbocycles. The molecule has 0 aliphatic carbocycles. The fourth-order valence-electron chi connectivity index (χ4n) is 4.97. The third kappa shape index (κ3) is 6.67. The Morgan fingerprint density at radius 1 is 0.810 bits per heavy atom. The zero-order valence-electron chi connectivity index (χ0n) is 22.7. The lowest BCUT2D eigenvalue weighted by molar-refractivity contribution is 0.215. The standard InChI is InChI=1S/C34H30F2N2O3S/c35-34(36)29(12-6-9-23-13-17-28(18-14-23)41-22-24-7-2-1-3-8-24)33-30(37)19-20-31(42(38,39)40)32(33)27-16-15-25-10-4-5-11-26(25)21-27/h1-5,7-8,10-21,34H,6,9,22,37H2,(H2,38,39,40)/b29-12-. The monoisotopic (exact) mass is 584 g/mol. The molecule has 8 heteroatoms. The highest BCUT2D eigenvalue weighted by molar-refractivity contribution is 7.89. The van der Waals surface area contributed by atoms with Crippen molar-refractivity contribution < 1.29 is 21.9 Å². The maximum atomic E-state index is 14.6. The summed E-state index contributed by atoms with van der Waals surface area (Å²) in [6.45, 7) is 0.444. The van der Waals surface area contributed by atoms with Gasteiger partial charge in [-0.1, -0.05) is 84.9 Å². The number of hydrogen-bond donors (Lipinski definition) is 2. The molecule has 0 bridgehead atoms. The van der Waals surface area contributed by atoms with Crippen LogP contribution in [0.5, 0.6) is 5.75 Å². The van der Waals surface area contributed by atoms with Gasteiger partial charge >= 0.3 is 0 Å². The van der Waals surface area contributed by atoms with Gasteiger partial charge in [0.1, 0.15) is 12.4 Å². The molecular weight excluding hydrogens is 554 g/mol. The Bertz CT molecular complexity index is 1840. The van der Waals surface area contributed by atoms with Gasteiger partial charge in [-0.05, 0) is 70.6 Å². The molecule has 0 aliphatic rings. The van der Waals surface area contributed by atoms with Crippen molar-refractivity contribution in [1.29, 1.82) is 0 Å². The van der Waals surface area contributed by atoms with Crippen molar-refractivity contribution in [2.45, 2.75) is 30.8 Å². The van der Waals surface area contributed by atoms with Crippen molar-refractivity contribution in [2.75, 3.05) is 5.73 Å². The van der Waals surface area contributed by atoms with E-state index < -0.39 is 16.4 Å². The molecule has 0 amide bonds. The largest absolute Gasteiger partial charge is 0.489 e. The number of ether oxygens (including phenoxy) is 1. The Morgan fingerprint density at radius 2 is 1.50 bits per heavy atom. The van der Waals surface area contributed by atoms with E-state index in [0.717, 1.165) is 21.9 Å². The summed E-state index contributed by atoms with van der Waals surface area (Å²) in [6, 6.07) is 32.6. The van der Waals surface area contributed by atoms with Crippen molar-refractivity contribution in [2.24, 2.45) is 5.14 Å². The molecule has 0 saturated carbocycles. The molecular formula is C34H30F2N2O3S. The number of nitrogens with two attached hydrogens (primary N) is 2. The Morgan fingerprint density at radius 3 is 2.19 bits per heavy atom. The fourth-order valence-corrected chi connectivity index (χ4v) is 5.73. The Labute approximate surface area is 244 Å². The van der Waals surface area contributed by atoms with E-state index in [4.69, 9.17) is 15.6 Å². The van der Waals surface area contributed by atoms with Crippen LogP contribution in [0.3, 0.4) is 0 Å². The molecule has 0 aromatic heterocycles. The summed E-state index contributed by atoms with van der Waals surface area (Å²) in [4.78, 5) is -0.264. The van der Waals surface area contributed by atoms with Gasteiger partial charge in [0.25, 0.3) is 6.43 Å². The van der Waals surface area contributed by atoms with E-state index in [2.05, 4.69) is 0 Å². The molecule has 5 aromatic rings. The first-order chi connectivity index (χ1) is 20.2. The summed E-state index contributed by atoms with van der Waals surface area (Å²) in [5.41, 5.74) is 8.42. The zero-order chi connectivity index (χ0) is 29.7. The van der Waals surface area contributed by atoms with E-state index in [9.17, 15) is 17.2 Å². The molecule has 0 heterocycles. The van der Waals surface area contributed by atoms with Crippen LogP contribution in [0.2, 0.25) is 0 Å². The van der Waals surface area contributed by atoms with Crippen LogP contribution in [0.15, 0.2) is 120 Å². The van der Waals surface area contributed by atoms with E-state index in [1.807, 2.05) is 84.9 Å². The number of rotatable bonds is 10. The van der Waals surface area contributed by atoms with E-state index in [-0.39, 0.29) is 33.7 Å². The molecule has 0 spiro atoms. The van der Waals surface area contributed by atoms with Gasteiger partial charge in [0, 0.05) is 22.4 Å². The van der Waals surface area contributed by atoms with Crippen LogP contribution >= 0.6 is 0 Å². The molecule has 0 atom stereocenters. The van der Waals surface area contributed by atoms with E-state index >= 15 is 0 Å². The Hall–Kier alpha value is -4.53. The van der Waals surface area contributed by atoms with Gasteiger partial charge in [-0.25, -0.2) is 22.3 Å². The van der Waals surface area contributed by atoms with Gasteiger partial charge in [0.05, 0.1) is 4.90 Å². The highest BCUT2D eigenvalue weighted by Crippen LogP contribution is 2.41. The van der Waals surface area contributed by atoms with Crippen LogP contribution in [-0.4, -0.2) is 14.8 Å². The van der Waals surface area contributed by atoms with Gasteiger partial charge in [0.2, 0.25) is 10.0 Å². The molecule has 0 fully saturated rings. The average molecular weight is 585 g/mol. The minimum atomic E-state index is -4.26. The maximum Gasteiger partial charge on any atom is 0.264 e. The third-order valence-electron chi connectivity index (χ3n) is 7.04. The molecule has 5 rings (SSSR count). The van der Waals surface area contributed by atoms with Crippen molar-refractivity contribution in [3.05, 3.63) is 132 Å². The molecule has 5 nitrogen and oxygen atoms in total. The summed E-state index contributed by atoms with van der Waals surface area (Å²) >= 11 is 0. The van der Waals surface area contributed by atoms with Crippen molar-refractivity contribution >= 4 is 32.1 Å². The quantitative estimate of drug-likeness (QED) is 0.165. The van der Waals surface area contributed by atoms with E-state index in [1.165, 1.54) is 18.2 Å². The van der Waals surface area contributed by atoms with Gasteiger partial charge in [-0.3, -0.25) is 0 Å². The van der Waals surface area contributed by atoms with Gasteiger partial charge in [-0.2, -0.15) is 0 Å². The lowest BCUT2D eigenvalue weighted by atomic mass is 9.91. The molecule has 0 unspecified atom stereocenters. The molecule has 4 N–H and O–H groups in total.